The van der Waals surface area contributed by atoms with Gasteiger partial charge in [-0.1, -0.05) is 17.1 Å². The van der Waals surface area contributed by atoms with E-state index in [0.717, 1.165) is 48.0 Å². The first-order chi connectivity index (χ1) is 21.6. The van der Waals surface area contributed by atoms with Crippen LogP contribution in [0.15, 0.2) is 36.8 Å². The fourth-order valence-corrected chi connectivity index (χ4v) is 5.44. The minimum atomic E-state index is -0.610. The Morgan fingerprint density at radius 1 is 1.16 bits per heavy atom. The summed E-state index contributed by atoms with van der Waals surface area (Å²) in [5, 5.41) is 13.7. The van der Waals surface area contributed by atoms with E-state index >= 15 is 0 Å². The van der Waals surface area contributed by atoms with Crippen LogP contribution in [-0.2, 0) is 9.47 Å². The molecule has 4 aromatic heterocycles. The zero-order chi connectivity index (χ0) is 31.7. The van der Waals surface area contributed by atoms with Gasteiger partial charge in [0.2, 0.25) is 0 Å². The summed E-state index contributed by atoms with van der Waals surface area (Å²) in [7, 11) is 1.58. The van der Waals surface area contributed by atoms with Crippen LogP contribution in [0.25, 0.3) is 16.8 Å². The summed E-state index contributed by atoms with van der Waals surface area (Å²) in [5.41, 5.74) is 3.82. The third kappa shape index (κ3) is 6.93. The summed E-state index contributed by atoms with van der Waals surface area (Å²) in [6, 6.07) is 4.95. The number of pyridine rings is 2. The molecule has 1 saturated heterocycles. The molecule has 1 amide bonds. The van der Waals surface area contributed by atoms with Crippen molar-refractivity contribution in [3.63, 3.8) is 0 Å². The average Bonchev–Trinajstić information content (AvgIpc) is 3.62. The van der Waals surface area contributed by atoms with Crippen LogP contribution in [-0.4, -0.2) is 73.0 Å². The van der Waals surface area contributed by atoms with Gasteiger partial charge >= 0.3 is 6.09 Å². The van der Waals surface area contributed by atoms with E-state index in [4.69, 9.17) is 14.2 Å². The fraction of sp³-hybridized carbons (Fsp3) is 0.485. The Hall–Kier alpha value is -4.50. The first-order valence-electron chi connectivity index (χ1n) is 15.3. The average molecular weight is 616 g/mol. The van der Waals surface area contributed by atoms with E-state index in [1.54, 1.807) is 28.8 Å². The molecule has 1 atom stereocenters. The first-order valence-corrected chi connectivity index (χ1v) is 15.3. The number of fused-ring (bicyclic) bond motifs is 1. The van der Waals surface area contributed by atoms with Gasteiger partial charge in [-0.2, -0.15) is 5.10 Å². The number of hydrogen-bond donors (Lipinski definition) is 0. The van der Waals surface area contributed by atoms with Crippen molar-refractivity contribution >= 4 is 11.6 Å². The lowest BCUT2D eigenvalue weighted by Crippen LogP contribution is -2.42. The van der Waals surface area contributed by atoms with Crippen molar-refractivity contribution in [1.29, 1.82) is 0 Å². The van der Waals surface area contributed by atoms with Crippen LogP contribution in [0.5, 0.6) is 5.75 Å². The van der Waals surface area contributed by atoms with Crippen molar-refractivity contribution < 1.29 is 23.4 Å². The Bertz CT molecular complexity index is 1740. The highest BCUT2D eigenvalue weighted by Crippen LogP contribution is 2.35. The number of hydrogen-bond acceptors (Lipinski definition) is 8. The third-order valence-electron chi connectivity index (χ3n) is 7.90. The predicted molar refractivity (Wildman–Crippen MR) is 164 cm³/mol. The van der Waals surface area contributed by atoms with Crippen molar-refractivity contribution in [1.82, 2.24) is 34.5 Å². The number of nitrogens with zero attached hydrogens (tertiary/aromatic N) is 7. The van der Waals surface area contributed by atoms with Gasteiger partial charge in [-0.15, -0.1) is 5.10 Å². The monoisotopic (exact) mass is 615 g/mol. The first kappa shape index (κ1) is 30.5. The number of halogens is 1. The van der Waals surface area contributed by atoms with E-state index in [2.05, 4.69) is 32.2 Å². The molecule has 1 unspecified atom stereocenters. The number of carbonyl (C=O) groups is 1. The standard InChI is InChI=1S/C33H38FN7O4/c1-21-30(37-38-41(21)26-12-14-39(15-13-26)32(42)45-33(2,3)4)24-16-28(44-29(20-43-5)27-11-10-25(34)18-35-27)31-23(9-8-22-6-7-22)17-36-40(31)19-24/h10-11,16-19,22,26,29H,6-7,12-15,20H2,1-5H3. The minimum absolute atomic E-state index is 0.0917. The maximum atomic E-state index is 13.7. The van der Waals surface area contributed by atoms with Gasteiger partial charge < -0.3 is 19.1 Å². The fourth-order valence-electron chi connectivity index (χ4n) is 5.44. The van der Waals surface area contributed by atoms with Gasteiger partial charge in [-0.3, -0.25) is 4.98 Å². The van der Waals surface area contributed by atoms with Crippen molar-refractivity contribution in [2.45, 2.75) is 71.1 Å². The second-order valence-electron chi connectivity index (χ2n) is 12.6. The minimum Gasteiger partial charge on any atom is -0.479 e. The van der Waals surface area contributed by atoms with Crippen LogP contribution in [0.3, 0.4) is 0 Å². The number of methoxy groups -OCH3 is 1. The van der Waals surface area contributed by atoms with Crippen molar-refractivity contribution in [2.24, 2.45) is 5.92 Å². The van der Waals surface area contributed by atoms with Gasteiger partial charge in [0, 0.05) is 37.9 Å². The summed E-state index contributed by atoms with van der Waals surface area (Å²) in [6.07, 6.45) is 7.61. The maximum absolute atomic E-state index is 13.7. The number of aromatic nitrogens is 6. The van der Waals surface area contributed by atoms with Gasteiger partial charge in [0.25, 0.3) is 0 Å². The Morgan fingerprint density at radius 2 is 1.93 bits per heavy atom. The SMILES string of the molecule is COCC(Oc1cc(-c2nnn(C3CCN(C(=O)OC(C)(C)C)CC3)c2C)cn2ncc(C#CC3CC3)c12)c1ccc(F)cn1. The molecule has 1 aliphatic carbocycles. The second-order valence-corrected chi connectivity index (χ2v) is 12.6. The van der Waals surface area contributed by atoms with E-state index in [9.17, 15) is 9.18 Å². The molecule has 2 fully saturated rings. The predicted octanol–water partition coefficient (Wildman–Crippen LogP) is 5.54. The highest BCUT2D eigenvalue weighted by Gasteiger charge is 2.30. The molecule has 5 heterocycles. The number of ether oxygens (including phenoxy) is 3. The Morgan fingerprint density at radius 3 is 2.60 bits per heavy atom. The molecular formula is C33H38FN7O4. The highest BCUT2D eigenvalue weighted by atomic mass is 19.1. The maximum Gasteiger partial charge on any atom is 0.410 e. The molecule has 4 aromatic rings. The van der Waals surface area contributed by atoms with E-state index in [0.29, 0.717) is 36.1 Å². The summed E-state index contributed by atoms with van der Waals surface area (Å²) in [6.45, 7) is 8.96. The van der Waals surface area contributed by atoms with E-state index in [-0.39, 0.29) is 18.7 Å². The summed E-state index contributed by atoms with van der Waals surface area (Å²) in [4.78, 5) is 18.6. The molecule has 1 aliphatic heterocycles. The molecule has 0 aromatic carbocycles. The van der Waals surface area contributed by atoms with Crippen LogP contribution < -0.4 is 4.74 Å². The largest absolute Gasteiger partial charge is 0.479 e. The van der Waals surface area contributed by atoms with Crippen LogP contribution >= 0.6 is 0 Å². The zero-order valence-electron chi connectivity index (χ0n) is 26.3. The van der Waals surface area contributed by atoms with E-state index in [1.807, 2.05) is 44.6 Å². The molecule has 0 spiro atoms. The lowest BCUT2D eigenvalue weighted by molar-refractivity contribution is 0.0183. The molecule has 12 heteroatoms. The number of likely N-dealkylation sites (tertiary alicyclic amines) is 1. The quantitative estimate of drug-likeness (QED) is 0.250. The van der Waals surface area contributed by atoms with Crippen LogP contribution in [0, 0.1) is 30.5 Å². The molecule has 0 radical (unpaired) electrons. The number of carbonyl (C=O) groups excluding carboxylic acids is 1. The van der Waals surface area contributed by atoms with Gasteiger partial charge in [0.05, 0.1) is 42.0 Å². The van der Waals surface area contributed by atoms with Crippen molar-refractivity contribution in [3.8, 4) is 28.8 Å². The van der Waals surface area contributed by atoms with Crippen LogP contribution in [0.1, 0.15) is 75.6 Å². The van der Waals surface area contributed by atoms with Crippen LogP contribution in [0.2, 0.25) is 0 Å². The van der Waals surface area contributed by atoms with E-state index < -0.39 is 17.5 Å². The molecule has 0 N–H and O–H groups in total. The topological polar surface area (TPSA) is 109 Å². The van der Waals surface area contributed by atoms with Gasteiger partial charge in [-0.05, 0) is 71.6 Å². The molecule has 1 saturated carbocycles. The molecule has 2 aliphatic rings. The molecule has 236 valence electrons. The lowest BCUT2D eigenvalue weighted by Gasteiger charge is -2.33. The van der Waals surface area contributed by atoms with Crippen molar-refractivity contribution in [3.05, 3.63) is 59.6 Å². The van der Waals surface area contributed by atoms with Gasteiger partial charge in [0.15, 0.2) is 6.10 Å². The molecule has 11 nitrogen and oxygen atoms in total. The molecule has 0 bridgehead atoms. The number of rotatable bonds is 7. The van der Waals surface area contributed by atoms with Crippen LogP contribution in [0.4, 0.5) is 9.18 Å². The molecule has 6 rings (SSSR count). The molecular weight excluding hydrogens is 577 g/mol. The number of amides is 1. The van der Waals surface area contributed by atoms with Crippen molar-refractivity contribution in [2.75, 3.05) is 26.8 Å². The molecule has 45 heavy (non-hydrogen) atoms. The zero-order valence-corrected chi connectivity index (χ0v) is 26.3. The smallest absolute Gasteiger partial charge is 0.410 e. The summed E-state index contributed by atoms with van der Waals surface area (Å²) in [5.74, 6) is 7.12. The third-order valence-corrected chi connectivity index (χ3v) is 7.90. The Labute approximate surface area is 261 Å². The van der Waals surface area contributed by atoms with E-state index in [1.165, 1.54) is 12.3 Å². The Kier molecular flexibility index (Phi) is 8.46. The number of piperidine rings is 1. The summed E-state index contributed by atoms with van der Waals surface area (Å²) >= 11 is 0. The Balaban J connectivity index is 1.31. The lowest BCUT2D eigenvalue weighted by atomic mass is 10.0. The normalized spacial score (nSPS) is 16.4. The second kappa shape index (κ2) is 12.5. The highest BCUT2D eigenvalue weighted by molar-refractivity contribution is 5.75. The van der Waals surface area contributed by atoms with Gasteiger partial charge in [0.1, 0.15) is 28.4 Å². The van der Waals surface area contributed by atoms with Gasteiger partial charge in [-0.25, -0.2) is 18.4 Å². The summed E-state index contributed by atoms with van der Waals surface area (Å²) < 4.78 is 34.9.